The van der Waals surface area contributed by atoms with Gasteiger partial charge in [0.05, 0.1) is 0 Å². The normalized spacial score (nSPS) is 11.0. The Bertz CT molecular complexity index is 628. The van der Waals surface area contributed by atoms with Crippen molar-refractivity contribution in [3.8, 4) is 11.5 Å². The summed E-state index contributed by atoms with van der Waals surface area (Å²) in [6, 6.07) is 10.7. The standard InChI is InChI=1S/C17H19BrFNO/c1-11(2)14-10-12(18)6-7-17(14)21-16-5-3-4-15(19)13(16)8-9-20/h3-7,10-11H,8-9,20H2,1-2H3. The molecular weight excluding hydrogens is 333 g/mol. The van der Waals surface area contributed by atoms with Crippen LogP contribution < -0.4 is 10.5 Å². The SMILES string of the molecule is CC(C)c1cc(Br)ccc1Oc1cccc(F)c1CCN. The van der Waals surface area contributed by atoms with Crippen LogP contribution in [0.25, 0.3) is 0 Å². The fraction of sp³-hybridized carbons (Fsp3) is 0.294. The van der Waals surface area contributed by atoms with Crippen LogP contribution in [-0.2, 0) is 6.42 Å². The average molecular weight is 352 g/mol. The topological polar surface area (TPSA) is 35.2 Å². The van der Waals surface area contributed by atoms with Crippen molar-refractivity contribution in [1.82, 2.24) is 0 Å². The van der Waals surface area contributed by atoms with Crippen LogP contribution in [0.5, 0.6) is 11.5 Å². The monoisotopic (exact) mass is 351 g/mol. The highest BCUT2D eigenvalue weighted by Crippen LogP contribution is 2.34. The van der Waals surface area contributed by atoms with Gasteiger partial charge in [0, 0.05) is 10.0 Å². The van der Waals surface area contributed by atoms with E-state index in [4.69, 9.17) is 10.5 Å². The predicted octanol–water partition coefficient (Wildman–Crippen LogP) is 5.01. The maximum Gasteiger partial charge on any atom is 0.133 e. The van der Waals surface area contributed by atoms with Crippen LogP contribution in [0.4, 0.5) is 4.39 Å². The van der Waals surface area contributed by atoms with Crippen molar-refractivity contribution in [1.29, 1.82) is 0 Å². The molecule has 2 rings (SSSR count). The molecule has 0 spiro atoms. The molecule has 0 aliphatic heterocycles. The molecule has 0 aromatic heterocycles. The number of hydrogen-bond donors (Lipinski definition) is 1. The van der Waals surface area contributed by atoms with Crippen molar-refractivity contribution in [3.05, 3.63) is 57.8 Å². The first-order valence-corrected chi connectivity index (χ1v) is 7.77. The lowest BCUT2D eigenvalue weighted by Gasteiger charge is -2.16. The van der Waals surface area contributed by atoms with E-state index in [1.54, 1.807) is 12.1 Å². The molecule has 0 saturated carbocycles. The smallest absolute Gasteiger partial charge is 0.133 e. The van der Waals surface area contributed by atoms with Gasteiger partial charge in [-0.05, 0) is 54.8 Å². The van der Waals surface area contributed by atoms with Crippen molar-refractivity contribution >= 4 is 15.9 Å². The first-order chi connectivity index (χ1) is 10.0. The molecule has 0 bridgehead atoms. The Kier molecular flexibility index (Phi) is 5.37. The summed E-state index contributed by atoms with van der Waals surface area (Å²) in [5, 5.41) is 0. The first-order valence-electron chi connectivity index (χ1n) is 6.97. The highest BCUT2D eigenvalue weighted by Gasteiger charge is 2.13. The highest BCUT2D eigenvalue weighted by atomic mass is 79.9. The summed E-state index contributed by atoms with van der Waals surface area (Å²) in [6.07, 6.45) is 0.454. The Morgan fingerprint density at radius 3 is 2.62 bits per heavy atom. The number of rotatable bonds is 5. The van der Waals surface area contributed by atoms with Gasteiger partial charge in [0.15, 0.2) is 0 Å². The second-order valence-corrected chi connectivity index (χ2v) is 6.11. The van der Waals surface area contributed by atoms with Crippen molar-refractivity contribution < 1.29 is 9.13 Å². The summed E-state index contributed by atoms with van der Waals surface area (Å²) in [5.74, 6) is 1.31. The van der Waals surface area contributed by atoms with Gasteiger partial charge in [0.1, 0.15) is 17.3 Å². The lowest BCUT2D eigenvalue weighted by molar-refractivity contribution is 0.459. The summed E-state index contributed by atoms with van der Waals surface area (Å²) in [7, 11) is 0. The van der Waals surface area contributed by atoms with Gasteiger partial charge >= 0.3 is 0 Å². The number of ether oxygens (including phenoxy) is 1. The van der Waals surface area contributed by atoms with Crippen LogP contribution in [0.15, 0.2) is 40.9 Å². The second-order valence-electron chi connectivity index (χ2n) is 5.19. The molecule has 21 heavy (non-hydrogen) atoms. The van der Waals surface area contributed by atoms with Crippen LogP contribution in [0.1, 0.15) is 30.9 Å². The fourth-order valence-corrected chi connectivity index (χ4v) is 2.58. The molecule has 0 radical (unpaired) electrons. The lowest BCUT2D eigenvalue weighted by atomic mass is 10.0. The number of benzene rings is 2. The molecular formula is C17H19BrFNO. The highest BCUT2D eigenvalue weighted by molar-refractivity contribution is 9.10. The van der Waals surface area contributed by atoms with E-state index >= 15 is 0 Å². The predicted molar refractivity (Wildman–Crippen MR) is 87.5 cm³/mol. The molecule has 0 amide bonds. The number of halogens is 2. The van der Waals surface area contributed by atoms with Crippen molar-refractivity contribution in [2.75, 3.05) is 6.54 Å². The van der Waals surface area contributed by atoms with Crippen LogP contribution >= 0.6 is 15.9 Å². The van der Waals surface area contributed by atoms with E-state index < -0.39 is 0 Å². The van der Waals surface area contributed by atoms with Crippen molar-refractivity contribution in [3.63, 3.8) is 0 Å². The van der Waals surface area contributed by atoms with Crippen LogP contribution in [0.3, 0.4) is 0 Å². The van der Waals surface area contributed by atoms with Crippen LogP contribution in [-0.4, -0.2) is 6.54 Å². The molecule has 2 aromatic carbocycles. The van der Waals surface area contributed by atoms with Crippen molar-refractivity contribution in [2.45, 2.75) is 26.2 Å². The van der Waals surface area contributed by atoms with E-state index in [0.717, 1.165) is 15.8 Å². The summed E-state index contributed by atoms with van der Waals surface area (Å²) in [5.41, 5.74) is 7.16. The summed E-state index contributed by atoms with van der Waals surface area (Å²) < 4.78 is 20.9. The van der Waals surface area contributed by atoms with Gasteiger partial charge in [0.2, 0.25) is 0 Å². The minimum absolute atomic E-state index is 0.277. The molecule has 0 unspecified atom stereocenters. The quantitative estimate of drug-likeness (QED) is 0.821. The summed E-state index contributed by atoms with van der Waals surface area (Å²) >= 11 is 3.47. The molecule has 0 fully saturated rings. The molecule has 2 N–H and O–H groups in total. The van der Waals surface area contributed by atoms with E-state index in [9.17, 15) is 4.39 Å². The largest absolute Gasteiger partial charge is 0.457 e. The van der Waals surface area contributed by atoms with Gasteiger partial charge < -0.3 is 10.5 Å². The summed E-state index contributed by atoms with van der Waals surface area (Å²) in [6.45, 7) is 4.58. The van der Waals surface area contributed by atoms with E-state index in [-0.39, 0.29) is 5.82 Å². The van der Waals surface area contributed by atoms with Gasteiger partial charge in [-0.1, -0.05) is 35.8 Å². The zero-order valence-electron chi connectivity index (χ0n) is 12.2. The van der Waals surface area contributed by atoms with E-state index in [2.05, 4.69) is 29.8 Å². The number of nitrogens with two attached hydrogens (primary N) is 1. The minimum Gasteiger partial charge on any atom is -0.457 e. The van der Waals surface area contributed by atoms with Crippen molar-refractivity contribution in [2.24, 2.45) is 5.73 Å². The summed E-state index contributed by atoms with van der Waals surface area (Å²) in [4.78, 5) is 0. The molecule has 4 heteroatoms. The Morgan fingerprint density at radius 1 is 1.19 bits per heavy atom. The minimum atomic E-state index is -0.277. The van der Waals surface area contributed by atoms with Gasteiger partial charge in [-0.3, -0.25) is 0 Å². The van der Waals surface area contributed by atoms with Crippen LogP contribution in [0, 0.1) is 5.82 Å². The molecule has 0 aliphatic carbocycles. The maximum absolute atomic E-state index is 13.9. The second kappa shape index (κ2) is 7.05. The average Bonchev–Trinajstić information content (AvgIpc) is 2.44. The Balaban J connectivity index is 2.41. The zero-order chi connectivity index (χ0) is 15.4. The third-order valence-corrected chi connectivity index (χ3v) is 3.78. The van der Waals surface area contributed by atoms with Gasteiger partial charge in [-0.25, -0.2) is 4.39 Å². The lowest BCUT2D eigenvalue weighted by Crippen LogP contribution is -2.06. The Morgan fingerprint density at radius 2 is 1.95 bits per heavy atom. The third-order valence-electron chi connectivity index (χ3n) is 3.28. The third kappa shape index (κ3) is 3.83. The fourth-order valence-electron chi connectivity index (χ4n) is 2.20. The number of hydrogen-bond acceptors (Lipinski definition) is 2. The van der Waals surface area contributed by atoms with Gasteiger partial charge in [-0.15, -0.1) is 0 Å². The van der Waals surface area contributed by atoms with Gasteiger partial charge in [-0.2, -0.15) is 0 Å². The molecule has 0 saturated heterocycles. The molecule has 0 atom stereocenters. The molecule has 2 aromatic rings. The Hall–Kier alpha value is -1.39. The Labute approximate surface area is 133 Å². The maximum atomic E-state index is 13.9. The van der Waals surface area contributed by atoms with Gasteiger partial charge in [0.25, 0.3) is 0 Å². The zero-order valence-corrected chi connectivity index (χ0v) is 13.8. The molecule has 0 aliphatic rings. The molecule has 0 heterocycles. The molecule has 2 nitrogen and oxygen atoms in total. The van der Waals surface area contributed by atoms with E-state index in [0.29, 0.717) is 30.2 Å². The molecule has 112 valence electrons. The van der Waals surface area contributed by atoms with E-state index in [1.165, 1.54) is 6.07 Å². The van der Waals surface area contributed by atoms with Crippen LogP contribution in [0.2, 0.25) is 0 Å². The first kappa shape index (κ1) is 16.0. The van der Waals surface area contributed by atoms with E-state index in [1.807, 2.05) is 18.2 Å².